The van der Waals surface area contributed by atoms with Crippen LogP contribution in [0.5, 0.6) is 0 Å². The first kappa shape index (κ1) is 15.4. The molecule has 1 rings (SSSR count). The van der Waals surface area contributed by atoms with Crippen LogP contribution in [0.1, 0.15) is 19.4 Å². The van der Waals surface area contributed by atoms with Crippen LogP contribution in [0.15, 0.2) is 18.2 Å². The average Bonchev–Trinajstić information content (AvgIpc) is 2.25. The van der Waals surface area contributed by atoms with E-state index < -0.39 is 10.5 Å². The number of hydrogen-bond acceptors (Lipinski definition) is 5. The second-order valence-electron chi connectivity index (χ2n) is 5.30. The molecule has 0 radical (unpaired) electrons. The summed E-state index contributed by atoms with van der Waals surface area (Å²) < 4.78 is 0. The van der Waals surface area contributed by atoms with Gasteiger partial charge in [0.05, 0.1) is 10.5 Å². The summed E-state index contributed by atoms with van der Waals surface area (Å²) in [5.74, 6) is 0. The van der Waals surface area contributed by atoms with Crippen molar-refractivity contribution in [1.29, 1.82) is 0 Å². The number of para-hydroxylation sites is 1. The van der Waals surface area contributed by atoms with Crippen LogP contribution in [-0.4, -0.2) is 41.2 Å². The molecule has 19 heavy (non-hydrogen) atoms. The molecule has 0 bridgehead atoms. The minimum Gasteiger partial charge on any atom is -0.389 e. The third kappa shape index (κ3) is 4.50. The Morgan fingerprint density at radius 3 is 2.58 bits per heavy atom. The Hall–Kier alpha value is -1.66. The number of hydrogen-bond donors (Lipinski definition) is 2. The lowest BCUT2D eigenvalue weighted by Crippen LogP contribution is -2.35. The standard InChI is InChI=1S/C13H21N3O3/c1-13(2,17)9-15(4)8-10-6-5-7-11(16(18)19)12(10)14-3/h5-7,14,17H,8-9H2,1-4H3. The number of nitrogens with zero attached hydrogens (tertiary/aromatic N) is 2. The van der Waals surface area contributed by atoms with Crippen molar-refractivity contribution in [3.05, 3.63) is 33.9 Å². The van der Waals surface area contributed by atoms with Crippen molar-refractivity contribution in [2.45, 2.75) is 26.0 Å². The lowest BCUT2D eigenvalue weighted by molar-refractivity contribution is -0.384. The number of aliphatic hydroxyl groups is 1. The van der Waals surface area contributed by atoms with Crippen molar-refractivity contribution in [2.75, 3.05) is 26.0 Å². The van der Waals surface area contributed by atoms with Gasteiger partial charge < -0.3 is 10.4 Å². The van der Waals surface area contributed by atoms with Gasteiger partial charge in [0, 0.05) is 26.2 Å². The number of anilines is 1. The molecule has 6 heteroatoms. The van der Waals surface area contributed by atoms with Gasteiger partial charge in [0.25, 0.3) is 5.69 Å². The van der Waals surface area contributed by atoms with E-state index in [0.717, 1.165) is 5.56 Å². The minimum absolute atomic E-state index is 0.0664. The summed E-state index contributed by atoms with van der Waals surface area (Å²) in [6.07, 6.45) is 0. The first-order chi connectivity index (χ1) is 8.74. The third-order valence-corrected chi connectivity index (χ3v) is 2.67. The highest BCUT2D eigenvalue weighted by Crippen LogP contribution is 2.28. The molecule has 6 nitrogen and oxygen atoms in total. The Balaban J connectivity index is 2.95. The molecule has 2 N–H and O–H groups in total. The maximum atomic E-state index is 11.0. The fourth-order valence-corrected chi connectivity index (χ4v) is 2.17. The van der Waals surface area contributed by atoms with Gasteiger partial charge in [-0.25, -0.2) is 0 Å². The Morgan fingerprint density at radius 1 is 1.47 bits per heavy atom. The van der Waals surface area contributed by atoms with Crippen LogP contribution in [0.3, 0.4) is 0 Å². The van der Waals surface area contributed by atoms with E-state index in [4.69, 9.17) is 0 Å². The van der Waals surface area contributed by atoms with Gasteiger partial charge in [-0.2, -0.15) is 0 Å². The van der Waals surface area contributed by atoms with E-state index in [1.165, 1.54) is 6.07 Å². The van der Waals surface area contributed by atoms with Crippen LogP contribution in [-0.2, 0) is 6.54 Å². The first-order valence-corrected chi connectivity index (χ1v) is 6.09. The number of likely N-dealkylation sites (N-methyl/N-ethyl adjacent to an activating group) is 1. The van der Waals surface area contributed by atoms with E-state index in [2.05, 4.69) is 5.32 Å². The highest BCUT2D eigenvalue weighted by molar-refractivity contribution is 5.66. The molecule has 0 spiro atoms. The number of nitro benzene ring substituents is 1. The van der Waals surface area contributed by atoms with Crippen molar-refractivity contribution in [3.8, 4) is 0 Å². The summed E-state index contributed by atoms with van der Waals surface area (Å²) in [6.45, 7) is 4.48. The van der Waals surface area contributed by atoms with Gasteiger partial charge in [0.1, 0.15) is 5.69 Å². The number of benzene rings is 1. The number of rotatable bonds is 6. The van der Waals surface area contributed by atoms with Gasteiger partial charge in [0.2, 0.25) is 0 Å². The quantitative estimate of drug-likeness (QED) is 0.607. The van der Waals surface area contributed by atoms with Gasteiger partial charge >= 0.3 is 0 Å². The van der Waals surface area contributed by atoms with E-state index in [0.29, 0.717) is 18.8 Å². The van der Waals surface area contributed by atoms with E-state index in [9.17, 15) is 15.2 Å². The lowest BCUT2D eigenvalue weighted by atomic mass is 10.1. The summed E-state index contributed by atoms with van der Waals surface area (Å²) in [4.78, 5) is 12.5. The van der Waals surface area contributed by atoms with E-state index in [-0.39, 0.29) is 5.69 Å². The van der Waals surface area contributed by atoms with Crippen molar-refractivity contribution in [2.24, 2.45) is 0 Å². The van der Waals surface area contributed by atoms with Crippen molar-refractivity contribution in [3.63, 3.8) is 0 Å². The molecule has 0 aliphatic carbocycles. The first-order valence-electron chi connectivity index (χ1n) is 6.09. The average molecular weight is 267 g/mol. The predicted octanol–water partition coefficient (Wildman–Crippen LogP) is 1.84. The normalized spacial score (nSPS) is 11.7. The van der Waals surface area contributed by atoms with Crippen LogP contribution >= 0.6 is 0 Å². The van der Waals surface area contributed by atoms with Crippen LogP contribution in [0.25, 0.3) is 0 Å². The van der Waals surface area contributed by atoms with Gasteiger partial charge in [0.15, 0.2) is 0 Å². The van der Waals surface area contributed by atoms with Crippen molar-refractivity contribution >= 4 is 11.4 Å². The molecule has 106 valence electrons. The molecular formula is C13H21N3O3. The Kier molecular flexibility index (Phi) is 4.85. The molecule has 0 atom stereocenters. The van der Waals surface area contributed by atoms with Gasteiger partial charge in [-0.15, -0.1) is 0 Å². The second kappa shape index (κ2) is 5.99. The van der Waals surface area contributed by atoms with E-state index in [1.54, 1.807) is 27.0 Å². The third-order valence-electron chi connectivity index (χ3n) is 2.67. The molecular weight excluding hydrogens is 246 g/mol. The van der Waals surface area contributed by atoms with Crippen LogP contribution in [0.4, 0.5) is 11.4 Å². The van der Waals surface area contributed by atoms with Crippen LogP contribution < -0.4 is 5.32 Å². The van der Waals surface area contributed by atoms with Gasteiger partial charge in [-0.05, 0) is 26.5 Å². The molecule has 1 aromatic rings. The molecule has 0 aromatic heterocycles. The summed E-state index contributed by atoms with van der Waals surface area (Å²) >= 11 is 0. The predicted molar refractivity (Wildman–Crippen MR) is 75.3 cm³/mol. The van der Waals surface area contributed by atoms with Crippen molar-refractivity contribution in [1.82, 2.24) is 4.90 Å². The number of nitrogens with one attached hydrogen (secondary N) is 1. The topological polar surface area (TPSA) is 78.6 Å². The molecule has 0 fully saturated rings. The summed E-state index contributed by atoms with van der Waals surface area (Å²) in [5, 5.41) is 23.6. The van der Waals surface area contributed by atoms with Crippen LogP contribution in [0.2, 0.25) is 0 Å². The van der Waals surface area contributed by atoms with Gasteiger partial charge in [-0.1, -0.05) is 12.1 Å². The number of nitro groups is 1. The van der Waals surface area contributed by atoms with Crippen molar-refractivity contribution < 1.29 is 10.0 Å². The van der Waals surface area contributed by atoms with Gasteiger partial charge in [-0.3, -0.25) is 15.0 Å². The zero-order valence-electron chi connectivity index (χ0n) is 11.8. The summed E-state index contributed by atoms with van der Waals surface area (Å²) in [6, 6.07) is 5.00. The van der Waals surface area contributed by atoms with E-state index in [1.807, 2.05) is 18.0 Å². The highest BCUT2D eigenvalue weighted by atomic mass is 16.6. The Morgan fingerprint density at radius 2 is 2.11 bits per heavy atom. The maximum Gasteiger partial charge on any atom is 0.292 e. The summed E-state index contributed by atoms with van der Waals surface area (Å²) in [7, 11) is 3.54. The molecule has 1 aromatic carbocycles. The molecule has 0 aliphatic heterocycles. The largest absolute Gasteiger partial charge is 0.389 e. The zero-order chi connectivity index (χ0) is 14.6. The smallest absolute Gasteiger partial charge is 0.292 e. The highest BCUT2D eigenvalue weighted by Gasteiger charge is 2.19. The minimum atomic E-state index is -0.796. The monoisotopic (exact) mass is 267 g/mol. The molecule has 0 saturated heterocycles. The zero-order valence-corrected chi connectivity index (χ0v) is 11.8. The maximum absolute atomic E-state index is 11.0. The Bertz CT molecular complexity index is 455. The lowest BCUT2D eigenvalue weighted by Gasteiger charge is -2.26. The van der Waals surface area contributed by atoms with E-state index >= 15 is 0 Å². The molecule has 0 heterocycles. The fraction of sp³-hybridized carbons (Fsp3) is 0.538. The summed E-state index contributed by atoms with van der Waals surface area (Å²) in [5.41, 5.74) is 0.630. The Labute approximate surface area is 113 Å². The molecule has 0 unspecified atom stereocenters. The SMILES string of the molecule is CNc1c(CN(C)CC(C)(C)O)cccc1[N+](=O)[O-]. The fourth-order valence-electron chi connectivity index (χ4n) is 2.17. The molecule has 0 aliphatic rings. The second-order valence-corrected chi connectivity index (χ2v) is 5.30. The van der Waals surface area contributed by atoms with Crippen LogP contribution in [0, 0.1) is 10.1 Å². The molecule has 0 saturated carbocycles. The molecule has 0 amide bonds.